The molecule has 1 aliphatic rings. The van der Waals surface area contributed by atoms with Crippen LogP contribution in [-0.2, 0) is 11.3 Å². The molecule has 7 heteroatoms. The molecule has 1 aliphatic heterocycles. The molecule has 5 nitrogen and oxygen atoms in total. The smallest absolute Gasteiger partial charge is 0.317 e. The summed E-state index contributed by atoms with van der Waals surface area (Å²) in [6.07, 6.45) is -0.225. The van der Waals surface area contributed by atoms with Crippen LogP contribution in [0.1, 0.15) is 22.4 Å². The minimum absolute atomic E-state index is 0.133. The van der Waals surface area contributed by atoms with Crippen LogP contribution in [0.15, 0.2) is 29.6 Å². The molecule has 0 bridgehead atoms. The number of benzene rings is 1. The second-order valence-electron chi connectivity index (χ2n) is 5.37. The van der Waals surface area contributed by atoms with E-state index in [4.69, 9.17) is 4.74 Å². The Hall–Kier alpha value is -1.99. The maximum Gasteiger partial charge on any atom is 0.317 e. The quantitative estimate of drug-likeness (QED) is 0.938. The van der Waals surface area contributed by atoms with Gasteiger partial charge in [0.25, 0.3) is 0 Å². The van der Waals surface area contributed by atoms with Crippen molar-refractivity contribution in [3.05, 3.63) is 51.7 Å². The molecule has 0 spiro atoms. The van der Waals surface area contributed by atoms with Crippen LogP contribution in [0.3, 0.4) is 0 Å². The molecule has 0 aliphatic carbocycles. The number of urea groups is 1. The number of nitrogens with zero attached hydrogens (tertiary/aromatic N) is 2. The summed E-state index contributed by atoms with van der Waals surface area (Å²) in [7, 11) is 0. The lowest BCUT2D eigenvalue weighted by molar-refractivity contribution is -0.0155. The number of thiazole rings is 1. The SMILES string of the molecule is Cc1nc(CNC(=O)N2CCOC(c3ccc(F)cc3)C2)cs1. The van der Waals surface area contributed by atoms with Gasteiger partial charge in [0.1, 0.15) is 11.9 Å². The minimum atomic E-state index is -0.280. The van der Waals surface area contributed by atoms with Crippen molar-refractivity contribution in [2.75, 3.05) is 19.7 Å². The van der Waals surface area contributed by atoms with Crippen LogP contribution in [0, 0.1) is 12.7 Å². The first kappa shape index (κ1) is 15.9. The Balaban J connectivity index is 1.57. The fourth-order valence-electron chi connectivity index (χ4n) is 2.48. The molecule has 2 amide bonds. The number of nitrogens with one attached hydrogen (secondary N) is 1. The van der Waals surface area contributed by atoms with Crippen LogP contribution in [0.4, 0.5) is 9.18 Å². The van der Waals surface area contributed by atoms with Crippen LogP contribution in [0.2, 0.25) is 0 Å². The normalized spacial score (nSPS) is 18.0. The molecule has 1 aromatic heterocycles. The molecule has 2 heterocycles. The Kier molecular flexibility index (Phi) is 4.88. The third-order valence-electron chi connectivity index (χ3n) is 3.68. The van der Waals surface area contributed by atoms with Crippen LogP contribution >= 0.6 is 11.3 Å². The number of hydrogen-bond acceptors (Lipinski definition) is 4. The highest BCUT2D eigenvalue weighted by atomic mass is 32.1. The second kappa shape index (κ2) is 7.06. The Morgan fingerprint density at radius 3 is 2.96 bits per heavy atom. The van der Waals surface area contributed by atoms with E-state index in [0.29, 0.717) is 26.2 Å². The summed E-state index contributed by atoms with van der Waals surface area (Å²) in [6.45, 7) is 3.81. The van der Waals surface area contributed by atoms with Crippen molar-refractivity contribution in [2.45, 2.75) is 19.6 Å². The van der Waals surface area contributed by atoms with Gasteiger partial charge in [-0.2, -0.15) is 0 Å². The average Bonchev–Trinajstić information content (AvgIpc) is 2.99. The van der Waals surface area contributed by atoms with Gasteiger partial charge in [-0.3, -0.25) is 0 Å². The molecule has 0 saturated carbocycles. The molecule has 3 rings (SSSR count). The number of carbonyl (C=O) groups excluding carboxylic acids is 1. The summed E-state index contributed by atoms with van der Waals surface area (Å²) in [5, 5.41) is 5.80. The van der Waals surface area contributed by atoms with Crippen molar-refractivity contribution >= 4 is 17.4 Å². The van der Waals surface area contributed by atoms with Gasteiger partial charge in [-0.1, -0.05) is 12.1 Å². The first-order valence-corrected chi connectivity index (χ1v) is 8.30. The summed E-state index contributed by atoms with van der Waals surface area (Å²) in [6, 6.07) is 6.06. The van der Waals surface area contributed by atoms with E-state index in [9.17, 15) is 9.18 Å². The van der Waals surface area contributed by atoms with Crippen molar-refractivity contribution in [2.24, 2.45) is 0 Å². The number of hydrogen-bond donors (Lipinski definition) is 1. The first-order chi connectivity index (χ1) is 11.1. The third-order valence-corrected chi connectivity index (χ3v) is 4.51. The topological polar surface area (TPSA) is 54.5 Å². The number of halogens is 1. The lowest BCUT2D eigenvalue weighted by Gasteiger charge is -2.33. The maximum atomic E-state index is 13.0. The average molecular weight is 335 g/mol. The van der Waals surface area contributed by atoms with E-state index in [1.807, 2.05) is 12.3 Å². The Bertz CT molecular complexity index is 674. The van der Waals surface area contributed by atoms with Crippen molar-refractivity contribution in [3.63, 3.8) is 0 Å². The zero-order valence-corrected chi connectivity index (χ0v) is 13.6. The van der Waals surface area contributed by atoms with Crippen molar-refractivity contribution in [1.29, 1.82) is 0 Å². The van der Waals surface area contributed by atoms with Crippen molar-refractivity contribution < 1.29 is 13.9 Å². The van der Waals surface area contributed by atoms with E-state index < -0.39 is 0 Å². The highest BCUT2D eigenvalue weighted by Gasteiger charge is 2.25. The van der Waals surface area contributed by atoms with Gasteiger partial charge >= 0.3 is 6.03 Å². The highest BCUT2D eigenvalue weighted by Crippen LogP contribution is 2.22. The number of ether oxygens (including phenoxy) is 1. The second-order valence-corrected chi connectivity index (χ2v) is 6.44. The van der Waals surface area contributed by atoms with Gasteiger partial charge in [0.05, 0.1) is 30.4 Å². The monoisotopic (exact) mass is 335 g/mol. The lowest BCUT2D eigenvalue weighted by atomic mass is 10.1. The molecular formula is C16H18FN3O2S. The summed E-state index contributed by atoms with van der Waals surface area (Å²) in [5.74, 6) is -0.280. The van der Waals surface area contributed by atoms with Gasteiger partial charge in [-0.15, -0.1) is 11.3 Å². The predicted octanol–water partition coefficient (Wildman–Crippen LogP) is 2.87. The molecule has 1 fully saturated rings. The van der Waals surface area contributed by atoms with Crippen LogP contribution in [-0.4, -0.2) is 35.6 Å². The number of morpholine rings is 1. The third kappa shape index (κ3) is 4.05. The van der Waals surface area contributed by atoms with E-state index >= 15 is 0 Å². The standard InChI is InChI=1S/C16H18FN3O2S/c1-11-19-14(10-23-11)8-18-16(21)20-6-7-22-15(9-20)12-2-4-13(17)5-3-12/h2-5,10,15H,6-9H2,1H3,(H,18,21). The van der Waals surface area contributed by atoms with Crippen LogP contribution < -0.4 is 5.32 Å². The largest absolute Gasteiger partial charge is 0.370 e. The summed E-state index contributed by atoms with van der Waals surface area (Å²) in [5.41, 5.74) is 1.74. The Morgan fingerprint density at radius 2 is 2.26 bits per heavy atom. The number of amides is 2. The first-order valence-electron chi connectivity index (χ1n) is 7.42. The molecular weight excluding hydrogens is 317 g/mol. The minimum Gasteiger partial charge on any atom is -0.370 e. The van der Waals surface area contributed by atoms with Gasteiger partial charge in [0, 0.05) is 11.9 Å². The summed E-state index contributed by atoms with van der Waals surface area (Å²) < 4.78 is 18.7. The van der Waals surface area contributed by atoms with Crippen LogP contribution in [0.5, 0.6) is 0 Å². The molecule has 122 valence electrons. The van der Waals surface area contributed by atoms with E-state index in [2.05, 4.69) is 10.3 Å². The molecule has 23 heavy (non-hydrogen) atoms. The molecule has 0 radical (unpaired) electrons. The number of carbonyl (C=O) groups is 1. The van der Waals surface area contributed by atoms with Gasteiger partial charge < -0.3 is 15.0 Å². The van der Waals surface area contributed by atoms with Gasteiger partial charge in [-0.25, -0.2) is 14.2 Å². The number of aryl methyl sites for hydroxylation is 1. The summed E-state index contributed by atoms with van der Waals surface area (Å²) >= 11 is 1.56. The molecule has 1 N–H and O–H groups in total. The summed E-state index contributed by atoms with van der Waals surface area (Å²) in [4.78, 5) is 18.3. The predicted molar refractivity (Wildman–Crippen MR) is 85.8 cm³/mol. The fraction of sp³-hybridized carbons (Fsp3) is 0.375. The maximum absolute atomic E-state index is 13.0. The Morgan fingerprint density at radius 1 is 1.48 bits per heavy atom. The number of aromatic nitrogens is 1. The van der Waals surface area contributed by atoms with Gasteiger partial charge in [0.2, 0.25) is 0 Å². The zero-order chi connectivity index (χ0) is 16.2. The molecule has 2 aromatic rings. The molecule has 1 saturated heterocycles. The van der Waals surface area contributed by atoms with Gasteiger partial charge in [0.15, 0.2) is 0 Å². The van der Waals surface area contributed by atoms with E-state index in [0.717, 1.165) is 16.3 Å². The van der Waals surface area contributed by atoms with E-state index in [1.54, 1.807) is 28.4 Å². The zero-order valence-electron chi connectivity index (χ0n) is 12.8. The number of rotatable bonds is 3. The van der Waals surface area contributed by atoms with Crippen LogP contribution in [0.25, 0.3) is 0 Å². The van der Waals surface area contributed by atoms with Crippen molar-refractivity contribution in [3.8, 4) is 0 Å². The lowest BCUT2D eigenvalue weighted by Crippen LogP contribution is -2.47. The van der Waals surface area contributed by atoms with E-state index in [-0.39, 0.29) is 18.0 Å². The highest BCUT2D eigenvalue weighted by molar-refractivity contribution is 7.09. The van der Waals surface area contributed by atoms with Crippen molar-refractivity contribution in [1.82, 2.24) is 15.2 Å². The Labute approximate surface area is 138 Å². The molecule has 1 unspecified atom stereocenters. The van der Waals surface area contributed by atoms with E-state index in [1.165, 1.54) is 12.1 Å². The molecule has 1 atom stereocenters. The fourth-order valence-corrected chi connectivity index (χ4v) is 3.09. The molecule has 1 aromatic carbocycles. The van der Waals surface area contributed by atoms with Gasteiger partial charge in [-0.05, 0) is 24.6 Å².